The number of aryl methyl sites for hydroxylation is 2. The first kappa shape index (κ1) is 15.6. The molecule has 1 atom stereocenters. The monoisotopic (exact) mass is 283 g/mol. The van der Waals surface area contributed by atoms with Gasteiger partial charge in [-0.25, -0.2) is 0 Å². The van der Waals surface area contributed by atoms with Crippen LogP contribution in [-0.4, -0.2) is 13.2 Å². The van der Waals surface area contributed by atoms with Crippen LogP contribution in [0.15, 0.2) is 42.5 Å². The highest BCUT2D eigenvalue weighted by Crippen LogP contribution is 2.26. The maximum Gasteiger partial charge on any atom is 0.122 e. The Morgan fingerprint density at radius 1 is 1.10 bits per heavy atom. The van der Waals surface area contributed by atoms with Crippen molar-refractivity contribution in [2.45, 2.75) is 33.1 Å². The average molecular weight is 283 g/mol. The van der Waals surface area contributed by atoms with E-state index >= 15 is 0 Å². The van der Waals surface area contributed by atoms with E-state index in [0.717, 1.165) is 12.2 Å². The van der Waals surface area contributed by atoms with Gasteiger partial charge in [0.05, 0.1) is 6.61 Å². The van der Waals surface area contributed by atoms with E-state index in [4.69, 9.17) is 10.5 Å². The number of ether oxygens (including phenoxy) is 1. The Balaban J connectivity index is 2.19. The van der Waals surface area contributed by atoms with Gasteiger partial charge in [-0.1, -0.05) is 42.0 Å². The molecule has 0 aliphatic rings. The third-order valence-corrected chi connectivity index (χ3v) is 3.82. The highest BCUT2D eigenvalue weighted by molar-refractivity contribution is 5.38. The number of hydrogen-bond donors (Lipinski definition) is 1. The van der Waals surface area contributed by atoms with E-state index < -0.39 is 0 Å². The van der Waals surface area contributed by atoms with Gasteiger partial charge in [0.2, 0.25) is 0 Å². The highest BCUT2D eigenvalue weighted by atomic mass is 16.5. The van der Waals surface area contributed by atoms with E-state index in [9.17, 15) is 0 Å². The van der Waals surface area contributed by atoms with Crippen molar-refractivity contribution >= 4 is 0 Å². The van der Waals surface area contributed by atoms with Gasteiger partial charge in [-0.3, -0.25) is 0 Å². The van der Waals surface area contributed by atoms with Crippen LogP contribution in [0.25, 0.3) is 0 Å². The van der Waals surface area contributed by atoms with Gasteiger partial charge >= 0.3 is 0 Å². The molecule has 0 bridgehead atoms. The molecule has 2 aromatic rings. The van der Waals surface area contributed by atoms with Crippen LogP contribution in [0.1, 0.15) is 35.1 Å². The lowest BCUT2D eigenvalue weighted by atomic mass is 9.90. The minimum atomic E-state index is 0.348. The summed E-state index contributed by atoms with van der Waals surface area (Å²) in [4.78, 5) is 0. The molecule has 2 heteroatoms. The average Bonchev–Trinajstić information content (AvgIpc) is 2.47. The summed E-state index contributed by atoms with van der Waals surface area (Å²) in [6.07, 6.45) is 0.978. The van der Waals surface area contributed by atoms with Crippen molar-refractivity contribution < 1.29 is 4.74 Å². The topological polar surface area (TPSA) is 35.2 Å². The Kier molecular flexibility index (Phi) is 5.40. The molecule has 2 rings (SSSR count). The predicted octanol–water partition coefficient (Wildman–Crippen LogP) is 3.99. The summed E-state index contributed by atoms with van der Waals surface area (Å²) in [7, 11) is 0. The van der Waals surface area contributed by atoms with Crippen LogP contribution in [0, 0.1) is 13.8 Å². The summed E-state index contributed by atoms with van der Waals surface area (Å²) in [6, 6.07) is 15.1. The molecule has 112 valence electrons. The fraction of sp³-hybridized carbons (Fsp3) is 0.368. The molecule has 0 saturated carbocycles. The van der Waals surface area contributed by atoms with Crippen LogP contribution in [0.3, 0.4) is 0 Å². The van der Waals surface area contributed by atoms with Crippen molar-refractivity contribution in [1.82, 2.24) is 0 Å². The Morgan fingerprint density at radius 3 is 2.52 bits per heavy atom. The zero-order valence-corrected chi connectivity index (χ0v) is 13.2. The van der Waals surface area contributed by atoms with Crippen LogP contribution in [0.4, 0.5) is 0 Å². The van der Waals surface area contributed by atoms with Gasteiger partial charge < -0.3 is 10.5 Å². The maximum absolute atomic E-state index is 6.01. The third kappa shape index (κ3) is 4.08. The van der Waals surface area contributed by atoms with E-state index in [-0.39, 0.29) is 0 Å². The lowest BCUT2D eigenvalue weighted by Gasteiger charge is -2.17. The molecular formula is C19H25NO. The summed E-state index contributed by atoms with van der Waals surface area (Å²) >= 11 is 0. The molecule has 0 amide bonds. The largest absolute Gasteiger partial charge is 0.494 e. The summed E-state index contributed by atoms with van der Waals surface area (Å²) in [5.74, 6) is 1.31. The number of hydrogen-bond acceptors (Lipinski definition) is 2. The molecule has 2 aromatic carbocycles. The standard InChI is InChI=1S/C19H25NO/c1-4-21-19-9-8-17(11-15(19)3)18(13-20)12-16-7-5-6-14(2)10-16/h5-11,18H,4,12-13,20H2,1-3H3. The molecule has 0 fully saturated rings. The highest BCUT2D eigenvalue weighted by Gasteiger charge is 2.12. The van der Waals surface area contributed by atoms with Gasteiger partial charge in [0.1, 0.15) is 5.75 Å². The first-order valence-electron chi connectivity index (χ1n) is 7.63. The normalized spacial score (nSPS) is 12.2. The molecule has 0 heterocycles. The van der Waals surface area contributed by atoms with E-state index in [1.54, 1.807) is 0 Å². The smallest absolute Gasteiger partial charge is 0.122 e. The lowest BCUT2D eigenvalue weighted by molar-refractivity contribution is 0.337. The first-order valence-corrected chi connectivity index (χ1v) is 7.63. The quantitative estimate of drug-likeness (QED) is 0.870. The van der Waals surface area contributed by atoms with Crippen LogP contribution in [0.5, 0.6) is 5.75 Å². The van der Waals surface area contributed by atoms with E-state index in [2.05, 4.69) is 56.3 Å². The fourth-order valence-corrected chi connectivity index (χ4v) is 2.70. The van der Waals surface area contributed by atoms with Gasteiger partial charge in [-0.2, -0.15) is 0 Å². The number of benzene rings is 2. The molecule has 21 heavy (non-hydrogen) atoms. The molecule has 0 aliphatic carbocycles. The van der Waals surface area contributed by atoms with Gasteiger partial charge in [0.15, 0.2) is 0 Å². The van der Waals surface area contributed by atoms with Crippen LogP contribution in [0.2, 0.25) is 0 Å². The van der Waals surface area contributed by atoms with Crippen molar-refractivity contribution in [3.05, 3.63) is 64.7 Å². The Labute approximate surface area is 127 Å². The van der Waals surface area contributed by atoms with Crippen molar-refractivity contribution in [2.24, 2.45) is 5.73 Å². The van der Waals surface area contributed by atoms with Gasteiger partial charge in [0.25, 0.3) is 0 Å². The molecule has 2 N–H and O–H groups in total. The minimum Gasteiger partial charge on any atom is -0.494 e. The van der Waals surface area contributed by atoms with Crippen molar-refractivity contribution in [2.75, 3.05) is 13.2 Å². The number of rotatable bonds is 6. The minimum absolute atomic E-state index is 0.348. The van der Waals surface area contributed by atoms with Crippen LogP contribution >= 0.6 is 0 Å². The van der Waals surface area contributed by atoms with E-state index in [1.165, 1.54) is 22.3 Å². The third-order valence-electron chi connectivity index (χ3n) is 3.82. The summed E-state index contributed by atoms with van der Waals surface area (Å²) in [6.45, 7) is 7.58. The van der Waals surface area contributed by atoms with Crippen LogP contribution in [-0.2, 0) is 6.42 Å². The second kappa shape index (κ2) is 7.28. The zero-order chi connectivity index (χ0) is 15.2. The van der Waals surface area contributed by atoms with Gasteiger partial charge in [-0.05, 0) is 56.5 Å². The van der Waals surface area contributed by atoms with E-state index in [0.29, 0.717) is 19.1 Å². The molecule has 1 unspecified atom stereocenters. The van der Waals surface area contributed by atoms with Crippen molar-refractivity contribution in [3.63, 3.8) is 0 Å². The van der Waals surface area contributed by atoms with E-state index in [1.807, 2.05) is 6.92 Å². The predicted molar refractivity (Wildman–Crippen MR) is 89.0 cm³/mol. The Morgan fingerprint density at radius 2 is 1.90 bits per heavy atom. The molecule has 0 saturated heterocycles. The molecule has 2 nitrogen and oxygen atoms in total. The molecular weight excluding hydrogens is 258 g/mol. The van der Waals surface area contributed by atoms with Crippen molar-refractivity contribution in [1.29, 1.82) is 0 Å². The lowest BCUT2D eigenvalue weighted by Crippen LogP contribution is -2.15. The first-order chi connectivity index (χ1) is 10.1. The zero-order valence-electron chi connectivity index (χ0n) is 13.2. The second-order valence-corrected chi connectivity index (χ2v) is 5.58. The molecule has 0 radical (unpaired) electrons. The Bertz CT molecular complexity index is 592. The molecule has 0 aromatic heterocycles. The molecule has 0 aliphatic heterocycles. The number of nitrogens with two attached hydrogens (primary N) is 1. The van der Waals surface area contributed by atoms with Crippen molar-refractivity contribution in [3.8, 4) is 5.75 Å². The van der Waals surface area contributed by atoms with Gasteiger partial charge in [0, 0.05) is 5.92 Å². The summed E-state index contributed by atoms with van der Waals surface area (Å²) in [5, 5.41) is 0. The van der Waals surface area contributed by atoms with Gasteiger partial charge in [-0.15, -0.1) is 0 Å². The Hall–Kier alpha value is -1.80. The molecule has 0 spiro atoms. The summed E-state index contributed by atoms with van der Waals surface area (Å²) < 4.78 is 5.61. The fourth-order valence-electron chi connectivity index (χ4n) is 2.70. The van der Waals surface area contributed by atoms with Crippen LogP contribution < -0.4 is 10.5 Å². The maximum atomic E-state index is 6.01. The second-order valence-electron chi connectivity index (χ2n) is 5.58. The summed E-state index contributed by atoms with van der Waals surface area (Å²) in [5.41, 5.74) is 11.1. The SMILES string of the molecule is CCOc1ccc(C(CN)Cc2cccc(C)c2)cc1C.